The highest BCUT2D eigenvalue weighted by Gasteiger charge is 2.42. The molecule has 5 nitrogen and oxygen atoms in total. The average molecular weight is 400 g/mol. The van der Waals surface area contributed by atoms with E-state index in [9.17, 15) is 0 Å². The van der Waals surface area contributed by atoms with E-state index >= 15 is 0 Å². The topological polar surface area (TPSA) is 52.6 Å². The number of rotatable bonds is 7. The van der Waals surface area contributed by atoms with Crippen LogP contribution in [0.3, 0.4) is 0 Å². The molecule has 1 aliphatic carbocycles. The van der Waals surface area contributed by atoms with Gasteiger partial charge in [0.25, 0.3) is 0 Å². The molecule has 0 unspecified atom stereocenters. The normalized spacial score (nSPS) is 14.6. The van der Waals surface area contributed by atoms with Crippen LogP contribution < -0.4 is 19.5 Å². The Balaban J connectivity index is 1.47. The Hall–Kier alpha value is -3.31. The van der Waals surface area contributed by atoms with Crippen molar-refractivity contribution < 1.29 is 14.2 Å². The van der Waals surface area contributed by atoms with Crippen molar-refractivity contribution in [2.75, 3.05) is 20.8 Å². The minimum Gasteiger partial charge on any atom is -0.493 e. The third kappa shape index (κ3) is 3.53. The monoisotopic (exact) mass is 400 g/mol. The molecule has 0 radical (unpaired) electrons. The summed E-state index contributed by atoms with van der Waals surface area (Å²) in [5, 5.41) is 6.55. The van der Waals surface area contributed by atoms with Crippen LogP contribution in [0.4, 0.5) is 0 Å². The van der Waals surface area contributed by atoms with Gasteiger partial charge in [0, 0.05) is 17.6 Å². The number of fused-ring (bicyclic) bond motifs is 2. The number of benzene rings is 3. The van der Waals surface area contributed by atoms with Crippen molar-refractivity contribution in [2.24, 2.45) is 0 Å². The summed E-state index contributed by atoms with van der Waals surface area (Å²) in [6.45, 7) is 0.610. The van der Waals surface area contributed by atoms with Crippen LogP contribution in [0.2, 0.25) is 0 Å². The number of ether oxygens (including phenoxy) is 3. The molecule has 4 aromatic rings. The lowest BCUT2D eigenvalue weighted by Gasteiger charge is -2.18. The highest BCUT2D eigenvalue weighted by molar-refractivity contribution is 5.89. The second-order valence-electron chi connectivity index (χ2n) is 7.76. The predicted octanol–water partition coefficient (Wildman–Crippen LogP) is 5.32. The first kappa shape index (κ1) is 18.7. The molecular formula is C25H24N2O3. The second kappa shape index (κ2) is 7.50. The molecule has 0 aliphatic heterocycles. The molecule has 3 aromatic carbocycles. The quantitative estimate of drug-likeness (QED) is 0.455. The summed E-state index contributed by atoms with van der Waals surface area (Å²) < 4.78 is 17.9. The van der Waals surface area contributed by atoms with E-state index in [0.717, 1.165) is 40.6 Å². The molecule has 1 aliphatic rings. The summed E-state index contributed by atoms with van der Waals surface area (Å²) in [4.78, 5) is 4.52. The molecule has 1 fully saturated rings. The van der Waals surface area contributed by atoms with Crippen LogP contribution in [0.1, 0.15) is 12.8 Å². The molecule has 30 heavy (non-hydrogen) atoms. The number of likely N-dealkylation sites (N-methyl/N-ethyl adjacent to an activating group) is 1. The van der Waals surface area contributed by atoms with Crippen molar-refractivity contribution in [3.63, 3.8) is 0 Å². The summed E-state index contributed by atoms with van der Waals surface area (Å²) in [5.41, 5.74) is 0.896. The third-order valence-electron chi connectivity index (χ3n) is 5.82. The lowest BCUT2D eigenvalue weighted by molar-refractivity contribution is 0.248. The fourth-order valence-electron chi connectivity index (χ4n) is 3.68. The number of aromatic nitrogens is 1. The van der Waals surface area contributed by atoms with Crippen LogP contribution >= 0.6 is 0 Å². The molecule has 152 valence electrons. The van der Waals surface area contributed by atoms with E-state index in [4.69, 9.17) is 14.2 Å². The highest BCUT2D eigenvalue weighted by atomic mass is 16.5. The van der Waals surface area contributed by atoms with Crippen LogP contribution in [0, 0.1) is 0 Å². The predicted molar refractivity (Wildman–Crippen MR) is 119 cm³/mol. The largest absolute Gasteiger partial charge is 0.493 e. The second-order valence-corrected chi connectivity index (χ2v) is 7.76. The van der Waals surface area contributed by atoms with Gasteiger partial charge in [0.05, 0.1) is 18.2 Å². The number of nitrogens with one attached hydrogen (secondary N) is 1. The summed E-state index contributed by atoms with van der Waals surface area (Å²) in [5.74, 6) is 2.88. The first-order chi connectivity index (χ1) is 14.7. The SMILES string of the molecule is CNC1(COc2cc3nccc(Oc4ccc5ccccc5c4)c3cc2OC)CC1. The fourth-order valence-corrected chi connectivity index (χ4v) is 3.68. The van der Waals surface area contributed by atoms with Crippen molar-refractivity contribution in [1.82, 2.24) is 10.3 Å². The Morgan fingerprint density at radius 1 is 0.933 bits per heavy atom. The van der Waals surface area contributed by atoms with Gasteiger partial charge in [0.15, 0.2) is 11.5 Å². The van der Waals surface area contributed by atoms with E-state index in [-0.39, 0.29) is 5.54 Å². The van der Waals surface area contributed by atoms with Gasteiger partial charge in [-0.25, -0.2) is 0 Å². The van der Waals surface area contributed by atoms with Crippen LogP contribution in [-0.4, -0.2) is 31.3 Å². The van der Waals surface area contributed by atoms with Gasteiger partial charge in [-0.15, -0.1) is 0 Å². The third-order valence-corrected chi connectivity index (χ3v) is 5.82. The molecule has 1 saturated carbocycles. The van der Waals surface area contributed by atoms with Crippen molar-refractivity contribution >= 4 is 21.7 Å². The minimum absolute atomic E-state index is 0.0917. The number of hydrogen-bond acceptors (Lipinski definition) is 5. The Bertz CT molecular complexity index is 1220. The zero-order valence-corrected chi connectivity index (χ0v) is 17.1. The first-order valence-corrected chi connectivity index (χ1v) is 10.1. The molecule has 1 heterocycles. The number of hydrogen-bond donors (Lipinski definition) is 1. The molecule has 0 spiro atoms. The van der Waals surface area contributed by atoms with E-state index in [1.165, 1.54) is 5.39 Å². The van der Waals surface area contributed by atoms with Gasteiger partial charge in [-0.1, -0.05) is 30.3 Å². The highest BCUT2D eigenvalue weighted by Crippen LogP contribution is 2.40. The molecule has 0 saturated heterocycles. The summed E-state index contributed by atoms with van der Waals surface area (Å²) in [7, 11) is 3.63. The number of methoxy groups -OCH3 is 1. The van der Waals surface area contributed by atoms with Crippen molar-refractivity contribution in [2.45, 2.75) is 18.4 Å². The van der Waals surface area contributed by atoms with Crippen LogP contribution in [-0.2, 0) is 0 Å². The standard InChI is InChI=1S/C25H24N2O3/c1-26-25(10-11-25)16-29-24-15-21-20(14-23(24)28-2)22(9-12-27-21)30-19-8-7-17-5-3-4-6-18(17)13-19/h3-9,12-15,26H,10-11,16H2,1-2H3. The lowest BCUT2D eigenvalue weighted by atomic mass is 10.1. The number of pyridine rings is 1. The van der Waals surface area contributed by atoms with Gasteiger partial charge in [-0.2, -0.15) is 0 Å². The fraction of sp³-hybridized carbons (Fsp3) is 0.240. The molecule has 5 heteroatoms. The average Bonchev–Trinajstić information content (AvgIpc) is 3.58. The molecule has 5 rings (SSSR count). The summed E-state index contributed by atoms with van der Waals surface area (Å²) >= 11 is 0. The Kier molecular flexibility index (Phi) is 4.68. The van der Waals surface area contributed by atoms with E-state index in [1.807, 2.05) is 49.5 Å². The van der Waals surface area contributed by atoms with Gasteiger partial charge >= 0.3 is 0 Å². The van der Waals surface area contributed by atoms with E-state index < -0.39 is 0 Å². The Morgan fingerprint density at radius 3 is 2.53 bits per heavy atom. The van der Waals surface area contributed by atoms with Gasteiger partial charge in [0.1, 0.15) is 18.1 Å². The van der Waals surface area contributed by atoms with Gasteiger partial charge in [-0.05, 0) is 54.9 Å². The van der Waals surface area contributed by atoms with Crippen molar-refractivity contribution in [3.8, 4) is 23.0 Å². The van der Waals surface area contributed by atoms with Crippen LogP contribution in [0.15, 0.2) is 66.9 Å². The maximum absolute atomic E-state index is 6.23. The zero-order valence-electron chi connectivity index (χ0n) is 17.1. The Morgan fingerprint density at radius 2 is 1.77 bits per heavy atom. The maximum Gasteiger partial charge on any atom is 0.163 e. The van der Waals surface area contributed by atoms with Crippen molar-refractivity contribution in [1.29, 1.82) is 0 Å². The first-order valence-electron chi connectivity index (χ1n) is 10.1. The van der Waals surface area contributed by atoms with Crippen molar-refractivity contribution in [3.05, 3.63) is 66.9 Å². The molecule has 1 aromatic heterocycles. The molecule has 0 amide bonds. The Labute approximate surface area is 175 Å². The van der Waals surface area contributed by atoms with Crippen LogP contribution in [0.25, 0.3) is 21.7 Å². The summed E-state index contributed by atoms with van der Waals surface area (Å²) in [6, 6.07) is 20.1. The molecular weight excluding hydrogens is 376 g/mol. The molecule has 0 atom stereocenters. The van der Waals surface area contributed by atoms with Gasteiger partial charge in [0.2, 0.25) is 0 Å². The van der Waals surface area contributed by atoms with E-state index in [1.54, 1.807) is 13.3 Å². The lowest BCUT2D eigenvalue weighted by Crippen LogP contribution is -2.33. The van der Waals surface area contributed by atoms with Gasteiger partial charge < -0.3 is 19.5 Å². The molecule has 1 N–H and O–H groups in total. The minimum atomic E-state index is 0.0917. The van der Waals surface area contributed by atoms with Crippen LogP contribution in [0.5, 0.6) is 23.0 Å². The van der Waals surface area contributed by atoms with Gasteiger partial charge in [-0.3, -0.25) is 4.98 Å². The smallest absolute Gasteiger partial charge is 0.163 e. The molecule has 0 bridgehead atoms. The van der Waals surface area contributed by atoms with E-state index in [0.29, 0.717) is 18.1 Å². The number of nitrogens with zero attached hydrogens (tertiary/aromatic N) is 1. The van der Waals surface area contributed by atoms with E-state index in [2.05, 4.69) is 28.5 Å². The zero-order chi connectivity index (χ0) is 20.6. The summed E-state index contributed by atoms with van der Waals surface area (Å²) in [6.07, 6.45) is 4.01. The maximum atomic E-state index is 6.23.